The van der Waals surface area contributed by atoms with Crippen LogP contribution in [0.15, 0.2) is 18.2 Å². The minimum absolute atomic E-state index is 0.158. The Labute approximate surface area is 108 Å². The lowest BCUT2D eigenvalue weighted by Crippen LogP contribution is -2.27. The molecule has 1 saturated heterocycles. The number of phenolic OH excluding ortho intramolecular Hbond substituents is 1. The van der Waals surface area contributed by atoms with Crippen LogP contribution >= 0.6 is 0 Å². The van der Waals surface area contributed by atoms with Crippen LogP contribution in [0.1, 0.15) is 31.4 Å². The van der Waals surface area contributed by atoms with Crippen molar-refractivity contribution in [3.05, 3.63) is 23.8 Å². The number of hydrogen-bond donors (Lipinski definition) is 2. The summed E-state index contributed by atoms with van der Waals surface area (Å²) >= 11 is 0. The van der Waals surface area contributed by atoms with E-state index < -0.39 is 0 Å². The average molecular weight is 251 g/mol. The van der Waals surface area contributed by atoms with Gasteiger partial charge in [-0.25, -0.2) is 0 Å². The van der Waals surface area contributed by atoms with Gasteiger partial charge in [-0.05, 0) is 31.7 Å². The van der Waals surface area contributed by atoms with Crippen LogP contribution in [0.2, 0.25) is 0 Å². The number of para-hydroxylation sites is 1. The van der Waals surface area contributed by atoms with Gasteiger partial charge in [0.05, 0.1) is 6.61 Å². The highest BCUT2D eigenvalue weighted by atomic mass is 16.5. The third-order valence-electron chi connectivity index (χ3n) is 3.46. The van der Waals surface area contributed by atoms with Crippen LogP contribution < -0.4 is 10.5 Å². The second kappa shape index (κ2) is 6.07. The smallest absolute Gasteiger partial charge is 0.162 e. The minimum Gasteiger partial charge on any atom is -0.504 e. The molecule has 1 aliphatic rings. The first-order chi connectivity index (χ1) is 8.74. The van der Waals surface area contributed by atoms with E-state index in [4.69, 9.17) is 15.2 Å². The standard InChI is InChI=1S/C14H21NO3/c1-2-18-12-5-3-4-11(14(12)16)13(15)10-6-8-17-9-7-10/h3-5,10,13,16H,2,6-9,15H2,1H3/t13-/m1/s1. The molecule has 0 aliphatic carbocycles. The normalized spacial score (nSPS) is 18.6. The van der Waals surface area contributed by atoms with Gasteiger partial charge < -0.3 is 20.3 Å². The fourth-order valence-corrected chi connectivity index (χ4v) is 2.41. The van der Waals surface area contributed by atoms with Gasteiger partial charge in [0, 0.05) is 24.8 Å². The number of rotatable bonds is 4. The minimum atomic E-state index is -0.158. The number of hydrogen-bond acceptors (Lipinski definition) is 4. The number of aromatic hydroxyl groups is 1. The molecule has 4 nitrogen and oxygen atoms in total. The number of ether oxygens (including phenoxy) is 2. The highest BCUT2D eigenvalue weighted by molar-refractivity contribution is 5.47. The van der Waals surface area contributed by atoms with E-state index in [0.717, 1.165) is 31.6 Å². The van der Waals surface area contributed by atoms with Crippen LogP contribution in [0.25, 0.3) is 0 Å². The number of phenols is 1. The molecule has 1 heterocycles. The van der Waals surface area contributed by atoms with Crippen molar-refractivity contribution in [3.63, 3.8) is 0 Å². The zero-order valence-corrected chi connectivity index (χ0v) is 10.8. The van der Waals surface area contributed by atoms with Gasteiger partial charge in [-0.15, -0.1) is 0 Å². The van der Waals surface area contributed by atoms with Crippen molar-refractivity contribution in [2.75, 3.05) is 19.8 Å². The maximum atomic E-state index is 10.2. The molecule has 0 amide bonds. The zero-order chi connectivity index (χ0) is 13.0. The molecular formula is C14H21NO3. The summed E-state index contributed by atoms with van der Waals surface area (Å²) in [6.45, 7) is 3.93. The highest BCUT2D eigenvalue weighted by Crippen LogP contribution is 2.37. The van der Waals surface area contributed by atoms with Crippen molar-refractivity contribution < 1.29 is 14.6 Å². The van der Waals surface area contributed by atoms with Crippen molar-refractivity contribution >= 4 is 0 Å². The number of nitrogens with two attached hydrogens (primary N) is 1. The summed E-state index contributed by atoms with van der Waals surface area (Å²) in [4.78, 5) is 0. The molecule has 4 heteroatoms. The van der Waals surface area contributed by atoms with Gasteiger partial charge in [0.25, 0.3) is 0 Å². The molecule has 1 atom stereocenters. The van der Waals surface area contributed by atoms with E-state index in [-0.39, 0.29) is 11.8 Å². The van der Waals surface area contributed by atoms with Gasteiger partial charge in [0.2, 0.25) is 0 Å². The summed E-state index contributed by atoms with van der Waals surface area (Å²) in [5, 5.41) is 10.2. The quantitative estimate of drug-likeness (QED) is 0.861. The summed E-state index contributed by atoms with van der Waals surface area (Å²) in [5.74, 6) is 1.05. The molecule has 0 aromatic heterocycles. The Bertz CT molecular complexity index is 389. The lowest BCUT2D eigenvalue weighted by Gasteiger charge is -2.28. The van der Waals surface area contributed by atoms with Crippen molar-refractivity contribution in [2.45, 2.75) is 25.8 Å². The van der Waals surface area contributed by atoms with E-state index in [1.165, 1.54) is 0 Å². The van der Waals surface area contributed by atoms with E-state index in [2.05, 4.69) is 0 Å². The summed E-state index contributed by atoms with van der Waals surface area (Å²) in [6.07, 6.45) is 1.89. The largest absolute Gasteiger partial charge is 0.504 e. The zero-order valence-electron chi connectivity index (χ0n) is 10.8. The topological polar surface area (TPSA) is 64.7 Å². The van der Waals surface area contributed by atoms with Crippen LogP contribution in [0.5, 0.6) is 11.5 Å². The Balaban J connectivity index is 2.18. The highest BCUT2D eigenvalue weighted by Gasteiger charge is 2.25. The van der Waals surface area contributed by atoms with E-state index in [0.29, 0.717) is 18.3 Å². The second-order valence-corrected chi connectivity index (χ2v) is 4.60. The summed E-state index contributed by atoms with van der Waals surface area (Å²) < 4.78 is 10.7. The van der Waals surface area contributed by atoms with E-state index in [1.54, 1.807) is 6.07 Å². The SMILES string of the molecule is CCOc1cccc([C@H](N)C2CCOCC2)c1O. The predicted molar refractivity (Wildman–Crippen MR) is 69.7 cm³/mol. The Morgan fingerprint density at radius 2 is 2.17 bits per heavy atom. The first-order valence-electron chi connectivity index (χ1n) is 6.52. The van der Waals surface area contributed by atoms with E-state index in [9.17, 15) is 5.11 Å². The van der Waals surface area contributed by atoms with Crippen molar-refractivity contribution in [1.82, 2.24) is 0 Å². The summed E-state index contributed by atoms with van der Waals surface area (Å²) in [6, 6.07) is 5.35. The van der Waals surface area contributed by atoms with Crippen LogP contribution in [0.3, 0.4) is 0 Å². The van der Waals surface area contributed by atoms with E-state index >= 15 is 0 Å². The Morgan fingerprint density at radius 1 is 1.44 bits per heavy atom. The molecular weight excluding hydrogens is 230 g/mol. The van der Waals surface area contributed by atoms with Crippen molar-refractivity contribution in [3.8, 4) is 11.5 Å². The molecule has 1 aliphatic heterocycles. The average Bonchev–Trinajstić information content (AvgIpc) is 2.42. The monoisotopic (exact) mass is 251 g/mol. The summed E-state index contributed by atoms with van der Waals surface area (Å²) in [5.41, 5.74) is 7.04. The fraction of sp³-hybridized carbons (Fsp3) is 0.571. The maximum Gasteiger partial charge on any atom is 0.162 e. The molecule has 1 fully saturated rings. The van der Waals surface area contributed by atoms with Gasteiger partial charge >= 0.3 is 0 Å². The van der Waals surface area contributed by atoms with Crippen molar-refractivity contribution in [2.24, 2.45) is 11.7 Å². The Kier molecular flexibility index (Phi) is 4.44. The van der Waals surface area contributed by atoms with Gasteiger partial charge in [-0.1, -0.05) is 12.1 Å². The molecule has 0 bridgehead atoms. The van der Waals surface area contributed by atoms with Gasteiger partial charge in [0.15, 0.2) is 11.5 Å². The van der Waals surface area contributed by atoms with E-state index in [1.807, 2.05) is 19.1 Å². The molecule has 1 aromatic rings. The van der Waals surface area contributed by atoms with Gasteiger partial charge in [0.1, 0.15) is 0 Å². The van der Waals surface area contributed by atoms with Crippen molar-refractivity contribution in [1.29, 1.82) is 0 Å². The molecule has 2 rings (SSSR count). The second-order valence-electron chi connectivity index (χ2n) is 4.60. The predicted octanol–water partition coefficient (Wildman–Crippen LogP) is 2.22. The van der Waals surface area contributed by atoms with Gasteiger partial charge in [-0.3, -0.25) is 0 Å². The first-order valence-corrected chi connectivity index (χ1v) is 6.52. The van der Waals surface area contributed by atoms with Crippen LogP contribution in [-0.4, -0.2) is 24.9 Å². The lowest BCUT2D eigenvalue weighted by molar-refractivity contribution is 0.0580. The molecule has 0 unspecified atom stereocenters. The Morgan fingerprint density at radius 3 is 2.83 bits per heavy atom. The molecule has 3 N–H and O–H groups in total. The molecule has 0 radical (unpaired) electrons. The first kappa shape index (κ1) is 13.2. The lowest BCUT2D eigenvalue weighted by atomic mass is 9.87. The third kappa shape index (κ3) is 2.76. The molecule has 100 valence electrons. The molecule has 1 aromatic carbocycles. The fourth-order valence-electron chi connectivity index (χ4n) is 2.41. The van der Waals surface area contributed by atoms with Crippen LogP contribution in [0.4, 0.5) is 0 Å². The maximum absolute atomic E-state index is 10.2. The Hall–Kier alpha value is -1.26. The molecule has 18 heavy (non-hydrogen) atoms. The molecule has 0 saturated carbocycles. The molecule has 0 spiro atoms. The van der Waals surface area contributed by atoms with Crippen LogP contribution in [-0.2, 0) is 4.74 Å². The van der Waals surface area contributed by atoms with Crippen LogP contribution in [0, 0.1) is 5.92 Å². The van der Waals surface area contributed by atoms with Gasteiger partial charge in [-0.2, -0.15) is 0 Å². The third-order valence-corrected chi connectivity index (χ3v) is 3.46. The number of benzene rings is 1. The summed E-state index contributed by atoms with van der Waals surface area (Å²) in [7, 11) is 0.